The van der Waals surface area contributed by atoms with Crippen LogP contribution in [0.2, 0.25) is 0 Å². The number of azo groups is 1. The minimum atomic E-state index is -0.510. The van der Waals surface area contributed by atoms with Crippen LogP contribution < -0.4 is 5.32 Å². The van der Waals surface area contributed by atoms with Gasteiger partial charge in [-0.1, -0.05) is 24.3 Å². The first kappa shape index (κ1) is 21.6. The molecule has 2 aliphatic heterocycles. The molecule has 31 heavy (non-hydrogen) atoms. The van der Waals surface area contributed by atoms with E-state index in [1.165, 1.54) is 18.9 Å². The van der Waals surface area contributed by atoms with Crippen LogP contribution in [0.25, 0.3) is 0 Å². The van der Waals surface area contributed by atoms with Gasteiger partial charge in [0.25, 0.3) is 11.8 Å². The highest BCUT2D eigenvalue weighted by atomic mass is 35.5. The van der Waals surface area contributed by atoms with Crippen molar-refractivity contribution >= 4 is 24.2 Å². The maximum absolute atomic E-state index is 14.4. The van der Waals surface area contributed by atoms with Gasteiger partial charge in [0.15, 0.2) is 0 Å². The summed E-state index contributed by atoms with van der Waals surface area (Å²) in [5.74, 6) is -0.681. The molecule has 5 rings (SSSR count). The molecule has 162 valence electrons. The molecule has 0 spiro atoms. The third-order valence-corrected chi connectivity index (χ3v) is 6.05. The number of amides is 2. The zero-order valence-electron chi connectivity index (χ0n) is 17.0. The maximum Gasteiger partial charge on any atom is 0.295 e. The van der Waals surface area contributed by atoms with E-state index in [9.17, 15) is 14.0 Å². The summed E-state index contributed by atoms with van der Waals surface area (Å²) in [6.07, 6.45) is 2.93. The predicted octanol–water partition coefficient (Wildman–Crippen LogP) is 3.96. The number of carbonyl (C=O) groups is 2. The van der Waals surface area contributed by atoms with Crippen LogP contribution in [0.15, 0.2) is 52.7 Å². The average molecular weight is 443 g/mol. The molecule has 2 heterocycles. The molecule has 1 atom stereocenters. The second-order valence-electron chi connectivity index (χ2n) is 8.40. The van der Waals surface area contributed by atoms with Gasteiger partial charge in [0.1, 0.15) is 11.9 Å². The van der Waals surface area contributed by atoms with E-state index < -0.39 is 5.82 Å². The first-order chi connectivity index (χ1) is 14.6. The molecule has 1 unspecified atom stereocenters. The monoisotopic (exact) mass is 442 g/mol. The smallest absolute Gasteiger partial charge is 0.295 e. The van der Waals surface area contributed by atoms with Gasteiger partial charge >= 0.3 is 0 Å². The number of nitrogens with one attached hydrogen (secondary N) is 1. The molecular weight excluding hydrogens is 419 g/mol. The van der Waals surface area contributed by atoms with Gasteiger partial charge in [0.2, 0.25) is 0 Å². The Morgan fingerprint density at radius 1 is 1.16 bits per heavy atom. The number of carbonyl (C=O) groups excluding carboxylic acids is 2. The number of hydrogen-bond donors (Lipinski definition) is 1. The fraction of sp³-hybridized carbons (Fsp3) is 0.391. The summed E-state index contributed by atoms with van der Waals surface area (Å²) >= 11 is 0. The van der Waals surface area contributed by atoms with Crippen molar-refractivity contribution in [3.63, 3.8) is 0 Å². The van der Waals surface area contributed by atoms with Crippen molar-refractivity contribution in [2.75, 3.05) is 19.6 Å². The fourth-order valence-corrected chi connectivity index (χ4v) is 4.11. The van der Waals surface area contributed by atoms with Gasteiger partial charge in [-0.15, -0.1) is 17.5 Å². The highest BCUT2D eigenvalue weighted by Gasteiger charge is 2.33. The van der Waals surface area contributed by atoms with E-state index in [1.54, 1.807) is 29.2 Å². The van der Waals surface area contributed by atoms with Crippen molar-refractivity contribution < 1.29 is 14.0 Å². The number of fused-ring (bicyclic) bond motifs is 1. The van der Waals surface area contributed by atoms with Crippen molar-refractivity contribution in [1.29, 1.82) is 0 Å². The lowest BCUT2D eigenvalue weighted by molar-refractivity contribution is 0.0495. The van der Waals surface area contributed by atoms with Crippen LogP contribution in [0.4, 0.5) is 4.39 Å². The van der Waals surface area contributed by atoms with Crippen molar-refractivity contribution in [2.45, 2.75) is 31.3 Å². The van der Waals surface area contributed by atoms with Gasteiger partial charge < -0.3 is 10.2 Å². The first-order valence-corrected chi connectivity index (χ1v) is 10.4. The Bertz CT molecular complexity index is 1030. The summed E-state index contributed by atoms with van der Waals surface area (Å²) in [5, 5.41) is 11.4. The predicted molar refractivity (Wildman–Crippen MR) is 116 cm³/mol. The lowest BCUT2D eigenvalue weighted by Crippen LogP contribution is -2.53. The third kappa shape index (κ3) is 4.52. The lowest BCUT2D eigenvalue weighted by atomic mass is 9.93. The summed E-state index contributed by atoms with van der Waals surface area (Å²) < 4.78 is 14.4. The third-order valence-electron chi connectivity index (χ3n) is 6.05. The average Bonchev–Trinajstić information content (AvgIpc) is 3.55. The standard InChI is InChI=1S/C23H23FN4O2.ClH/c24-20-8-5-14(10-21-17-3-1-2-4-18(17)22(29)27-26-21)9-19(20)23(30)28-12-15(13-28)11-25-16-6-7-16;/h1-5,8-9,15-16,21,25H,6-7,10-13H2;1H. The minimum Gasteiger partial charge on any atom is -0.338 e. The fourth-order valence-electron chi connectivity index (χ4n) is 4.11. The molecule has 2 aromatic carbocycles. The van der Waals surface area contributed by atoms with Gasteiger partial charge in [-0.2, -0.15) is 5.11 Å². The maximum atomic E-state index is 14.4. The second kappa shape index (κ2) is 8.85. The Morgan fingerprint density at radius 3 is 2.71 bits per heavy atom. The summed E-state index contributed by atoms with van der Waals surface area (Å²) in [6.45, 7) is 2.24. The quantitative estimate of drug-likeness (QED) is 0.735. The molecule has 1 saturated carbocycles. The van der Waals surface area contributed by atoms with E-state index >= 15 is 0 Å². The number of hydrogen-bond acceptors (Lipinski definition) is 4. The highest BCUT2D eigenvalue weighted by molar-refractivity contribution is 5.97. The van der Waals surface area contributed by atoms with E-state index in [1.807, 2.05) is 12.1 Å². The molecule has 1 saturated heterocycles. The topological polar surface area (TPSA) is 74.1 Å². The van der Waals surface area contributed by atoms with Crippen LogP contribution in [-0.4, -0.2) is 42.4 Å². The number of halogens is 2. The Labute approximate surface area is 186 Å². The van der Waals surface area contributed by atoms with Crippen LogP contribution in [0.1, 0.15) is 50.7 Å². The van der Waals surface area contributed by atoms with Crippen molar-refractivity contribution in [2.24, 2.45) is 16.1 Å². The number of nitrogens with zero attached hydrogens (tertiary/aromatic N) is 3. The van der Waals surface area contributed by atoms with E-state index in [0.29, 0.717) is 37.0 Å². The van der Waals surface area contributed by atoms with Crippen LogP contribution in [0, 0.1) is 11.7 Å². The van der Waals surface area contributed by atoms with Gasteiger partial charge in [-0.25, -0.2) is 4.39 Å². The minimum absolute atomic E-state index is 0. The Balaban J connectivity index is 0.00000231. The second-order valence-corrected chi connectivity index (χ2v) is 8.40. The van der Waals surface area contributed by atoms with Gasteiger partial charge in [0, 0.05) is 43.6 Å². The molecule has 6 nitrogen and oxygen atoms in total. The number of likely N-dealkylation sites (tertiary alicyclic amines) is 1. The lowest BCUT2D eigenvalue weighted by Gasteiger charge is -2.39. The summed E-state index contributed by atoms with van der Waals surface area (Å²) in [5.41, 5.74) is 2.24. The SMILES string of the molecule is Cl.O=C1N=NC(Cc2ccc(F)c(C(=O)N3CC(CNC4CC4)C3)c2)c2ccccc21. The molecular formula is C23H24ClFN4O2. The van der Waals surface area contributed by atoms with E-state index in [2.05, 4.69) is 15.5 Å². The summed E-state index contributed by atoms with van der Waals surface area (Å²) in [4.78, 5) is 26.4. The molecule has 1 N–H and O–H groups in total. The van der Waals surface area contributed by atoms with Gasteiger partial charge in [-0.05, 0) is 42.2 Å². The molecule has 0 bridgehead atoms. The van der Waals surface area contributed by atoms with Crippen molar-refractivity contribution in [3.8, 4) is 0 Å². The molecule has 3 aliphatic rings. The van der Waals surface area contributed by atoms with Crippen molar-refractivity contribution in [1.82, 2.24) is 10.2 Å². The zero-order valence-corrected chi connectivity index (χ0v) is 17.8. The van der Waals surface area contributed by atoms with Crippen LogP contribution in [0.3, 0.4) is 0 Å². The summed E-state index contributed by atoms with van der Waals surface area (Å²) in [7, 11) is 0. The van der Waals surface area contributed by atoms with E-state index in [-0.39, 0.29) is 35.8 Å². The molecule has 1 aliphatic carbocycles. The number of benzene rings is 2. The van der Waals surface area contributed by atoms with Crippen LogP contribution in [0.5, 0.6) is 0 Å². The van der Waals surface area contributed by atoms with Gasteiger partial charge in [-0.3, -0.25) is 9.59 Å². The normalized spacial score (nSPS) is 20.1. The number of rotatable bonds is 6. The van der Waals surface area contributed by atoms with Gasteiger partial charge in [0.05, 0.1) is 5.56 Å². The van der Waals surface area contributed by atoms with Crippen LogP contribution >= 0.6 is 12.4 Å². The molecule has 8 heteroatoms. The zero-order chi connectivity index (χ0) is 20.7. The molecule has 2 fully saturated rings. The molecule has 0 aromatic heterocycles. The van der Waals surface area contributed by atoms with E-state index in [0.717, 1.165) is 17.7 Å². The molecule has 2 amide bonds. The highest BCUT2D eigenvalue weighted by Crippen LogP contribution is 2.31. The van der Waals surface area contributed by atoms with Crippen LogP contribution in [-0.2, 0) is 6.42 Å². The molecule has 0 radical (unpaired) electrons. The summed E-state index contributed by atoms with van der Waals surface area (Å²) in [6, 6.07) is 12.2. The largest absolute Gasteiger partial charge is 0.338 e. The Morgan fingerprint density at radius 2 is 1.94 bits per heavy atom. The van der Waals surface area contributed by atoms with Crippen molar-refractivity contribution in [3.05, 3.63) is 70.5 Å². The Kier molecular flexibility index (Phi) is 6.16. The van der Waals surface area contributed by atoms with E-state index in [4.69, 9.17) is 0 Å². The Hall–Kier alpha value is -2.64. The molecule has 2 aromatic rings. The first-order valence-electron chi connectivity index (χ1n) is 10.4.